The van der Waals surface area contributed by atoms with Crippen molar-refractivity contribution in [3.8, 4) is 0 Å². The van der Waals surface area contributed by atoms with E-state index in [-0.39, 0.29) is 5.92 Å². The van der Waals surface area contributed by atoms with Gasteiger partial charge in [-0.25, -0.2) is 9.97 Å². The summed E-state index contributed by atoms with van der Waals surface area (Å²) in [6, 6.07) is 9.32. The van der Waals surface area contributed by atoms with Crippen molar-refractivity contribution in [2.45, 2.75) is 69.2 Å². The van der Waals surface area contributed by atoms with Crippen molar-refractivity contribution in [1.82, 2.24) is 19.8 Å². The van der Waals surface area contributed by atoms with Crippen LogP contribution in [0.2, 0.25) is 0 Å². The minimum absolute atomic E-state index is 0.0735. The first-order valence-corrected chi connectivity index (χ1v) is 13.3. The van der Waals surface area contributed by atoms with Crippen molar-refractivity contribution < 1.29 is 4.79 Å². The van der Waals surface area contributed by atoms with Crippen LogP contribution in [-0.4, -0.2) is 71.5 Å². The van der Waals surface area contributed by atoms with Crippen LogP contribution in [0.5, 0.6) is 0 Å². The highest BCUT2D eigenvalue weighted by molar-refractivity contribution is 5.85. The predicted octanol–water partition coefficient (Wildman–Crippen LogP) is 3.93. The number of fused-ring (bicyclic) bond motifs is 1. The standard InChI is InChI=1S/C28H37N5O/c1-19-5-12-23-25(19)27(30-18-29-23)32-14-16-33(17-15-32)28(34)26(24-4-3-13-31(24)2)22-10-8-21(9-11-22)20-6-7-20/h8-11,18-20,24,26H,3-7,12-17H2,1-2H3. The van der Waals surface area contributed by atoms with Gasteiger partial charge in [0, 0.05) is 43.5 Å². The number of hydrogen-bond donors (Lipinski definition) is 0. The second-order valence-electron chi connectivity index (χ2n) is 10.9. The zero-order chi connectivity index (χ0) is 23.2. The van der Waals surface area contributed by atoms with E-state index in [4.69, 9.17) is 0 Å². The number of piperazine rings is 1. The molecule has 3 unspecified atom stereocenters. The lowest BCUT2D eigenvalue weighted by molar-refractivity contribution is -0.134. The molecule has 1 amide bonds. The van der Waals surface area contributed by atoms with Crippen LogP contribution in [0.3, 0.4) is 0 Å². The van der Waals surface area contributed by atoms with Crippen LogP contribution < -0.4 is 4.90 Å². The average Bonchev–Trinajstić information content (AvgIpc) is 3.54. The van der Waals surface area contributed by atoms with Gasteiger partial charge < -0.3 is 14.7 Å². The van der Waals surface area contributed by atoms with Gasteiger partial charge in [-0.3, -0.25) is 4.79 Å². The number of aryl methyl sites for hydroxylation is 1. The van der Waals surface area contributed by atoms with Crippen LogP contribution in [0, 0.1) is 0 Å². The van der Waals surface area contributed by atoms with Crippen LogP contribution in [0.4, 0.5) is 5.82 Å². The fraction of sp³-hybridized carbons (Fsp3) is 0.607. The van der Waals surface area contributed by atoms with E-state index in [1.165, 1.54) is 41.6 Å². The van der Waals surface area contributed by atoms with Crippen molar-refractivity contribution in [1.29, 1.82) is 0 Å². The van der Waals surface area contributed by atoms with Gasteiger partial charge in [0.15, 0.2) is 0 Å². The maximum atomic E-state index is 14.0. The minimum atomic E-state index is -0.0735. The zero-order valence-corrected chi connectivity index (χ0v) is 20.6. The average molecular weight is 460 g/mol. The molecule has 1 aromatic carbocycles. The number of nitrogens with zero attached hydrogens (tertiary/aromatic N) is 5. The van der Waals surface area contributed by atoms with Crippen LogP contribution in [-0.2, 0) is 11.2 Å². The van der Waals surface area contributed by atoms with Gasteiger partial charge in [-0.1, -0.05) is 31.2 Å². The van der Waals surface area contributed by atoms with Gasteiger partial charge in [0.1, 0.15) is 12.1 Å². The number of hydrogen-bond acceptors (Lipinski definition) is 5. The second-order valence-corrected chi connectivity index (χ2v) is 10.9. The maximum absolute atomic E-state index is 14.0. The molecule has 34 heavy (non-hydrogen) atoms. The number of likely N-dealkylation sites (tertiary alicyclic amines) is 1. The number of carbonyl (C=O) groups excluding carboxylic acids is 1. The predicted molar refractivity (Wildman–Crippen MR) is 134 cm³/mol. The second kappa shape index (κ2) is 8.95. The minimum Gasteiger partial charge on any atom is -0.353 e. The van der Waals surface area contributed by atoms with E-state index < -0.39 is 0 Å². The first kappa shape index (κ1) is 22.0. The summed E-state index contributed by atoms with van der Waals surface area (Å²) in [5, 5.41) is 0. The number of benzene rings is 1. The van der Waals surface area contributed by atoms with E-state index in [1.807, 2.05) is 0 Å². The summed E-state index contributed by atoms with van der Waals surface area (Å²) in [7, 11) is 2.19. The molecular weight excluding hydrogens is 422 g/mol. The Morgan fingerprint density at radius 3 is 2.41 bits per heavy atom. The lowest BCUT2D eigenvalue weighted by Crippen LogP contribution is -2.52. The topological polar surface area (TPSA) is 52.6 Å². The molecule has 1 saturated carbocycles. The van der Waals surface area contributed by atoms with E-state index in [1.54, 1.807) is 6.33 Å². The zero-order valence-electron chi connectivity index (χ0n) is 20.6. The van der Waals surface area contributed by atoms with Gasteiger partial charge >= 0.3 is 0 Å². The molecule has 0 N–H and O–H groups in total. The summed E-state index contributed by atoms with van der Waals surface area (Å²) in [6.45, 7) is 6.58. The van der Waals surface area contributed by atoms with Gasteiger partial charge in [-0.15, -0.1) is 0 Å². The first-order valence-electron chi connectivity index (χ1n) is 13.3. The Morgan fingerprint density at radius 1 is 0.971 bits per heavy atom. The third kappa shape index (κ3) is 4.00. The summed E-state index contributed by atoms with van der Waals surface area (Å²) in [5.41, 5.74) is 5.19. The number of carbonyl (C=O) groups is 1. The Kier molecular flexibility index (Phi) is 5.80. The fourth-order valence-electron chi connectivity index (χ4n) is 6.49. The largest absolute Gasteiger partial charge is 0.353 e. The summed E-state index contributed by atoms with van der Waals surface area (Å²) >= 11 is 0. The van der Waals surface area contributed by atoms with Gasteiger partial charge in [0.2, 0.25) is 5.91 Å². The summed E-state index contributed by atoms with van der Waals surface area (Å²) in [4.78, 5) is 30.1. The molecular formula is C28H37N5O. The molecule has 6 rings (SSSR count). The number of anilines is 1. The van der Waals surface area contributed by atoms with Crippen LogP contribution in [0.15, 0.2) is 30.6 Å². The van der Waals surface area contributed by atoms with E-state index in [9.17, 15) is 4.79 Å². The Balaban J connectivity index is 1.20. The number of rotatable bonds is 5. The lowest BCUT2D eigenvalue weighted by Gasteiger charge is -2.39. The molecule has 180 valence electrons. The Hall–Kier alpha value is -2.47. The molecule has 6 heteroatoms. The SMILES string of the molecule is CC1CCc2ncnc(N3CCN(C(=O)C(c4ccc(C5CC5)cc4)C4CCCN4C)CC3)c21. The molecule has 3 atom stereocenters. The highest BCUT2D eigenvalue weighted by Gasteiger charge is 2.39. The molecule has 4 aliphatic rings. The van der Waals surface area contributed by atoms with Crippen molar-refractivity contribution in [2.24, 2.45) is 0 Å². The number of likely N-dealkylation sites (N-methyl/N-ethyl adjacent to an activating group) is 1. The van der Waals surface area contributed by atoms with Crippen molar-refractivity contribution >= 4 is 11.7 Å². The molecule has 0 spiro atoms. The van der Waals surface area contributed by atoms with E-state index in [0.29, 0.717) is 17.9 Å². The molecule has 2 aliphatic heterocycles. The van der Waals surface area contributed by atoms with Gasteiger partial charge in [0.05, 0.1) is 5.92 Å². The molecule has 3 fully saturated rings. The number of amides is 1. The van der Waals surface area contributed by atoms with E-state index >= 15 is 0 Å². The third-order valence-electron chi connectivity index (χ3n) is 8.72. The quantitative estimate of drug-likeness (QED) is 0.678. The van der Waals surface area contributed by atoms with Crippen molar-refractivity contribution in [2.75, 3.05) is 44.7 Å². The highest BCUT2D eigenvalue weighted by atomic mass is 16.2. The van der Waals surface area contributed by atoms with Crippen molar-refractivity contribution in [3.63, 3.8) is 0 Å². The smallest absolute Gasteiger partial charge is 0.231 e. The molecule has 2 saturated heterocycles. The fourth-order valence-corrected chi connectivity index (χ4v) is 6.49. The Bertz CT molecular complexity index is 1040. The Labute approximate surface area is 203 Å². The maximum Gasteiger partial charge on any atom is 0.231 e. The molecule has 3 heterocycles. The highest BCUT2D eigenvalue weighted by Crippen LogP contribution is 2.41. The lowest BCUT2D eigenvalue weighted by atomic mass is 9.87. The van der Waals surface area contributed by atoms with Gasteiger partial charge in [-0.05, 0) is 75.1 Å². The third-order valence-corrected chi connectivity index (χ3v) is 8.72. The van der Waals surface area contributed by atoms with Crippen LogP contribution in [0.1, 0.15) is 79.2 Å². The van der Waals surface area contributed by atoms with Crippen molar-refractivity contribution in [3.05, 3.63) is 53.0 Å². The molecule has 6 nitrogen and oxygen atoms in total. The molecule has 2 aromatic rings. The summed E-state index contributed by atoms with van der Waals surface area (Å²) < 4.78 is 0. The summed E-state index contributed by atoms with van der Waals surface area (Å²) in [5.74, 6) is 2.60. The van der Waals surface area contributed by atoms with E-state index in [2.05, 4.69) is 62.9 Å². The Morgan fingerprint density at radius 2 is 1.74 bits per heavy atom. The molecule has 0 bridgehead atoms. The van der Waals surface area contributed by atoms with E-state index in [0.717, 1.165) is 63.7 Å². The van der Waals surface area contributed by atoms with Gasteiger partial charge in [0.25, 0.3) is 0 Å². The molecule has 2 aliphatic carbocycles. The molecule has 1 aromatic heterocycles. The normalized spacial score (nSPS) is 26.1. The monoisotopic (exact) mass is 459 g/mol. The molecule has 0 radical (unpaired) electrons. The first-order chi connectivity index (χ1) is 16.6. The van der Waals surface area contributed by atoms with Crippen LogP contribution in [0.25, 0.3) is 0 Å². The van der Waals surface area contributed by atoms with Crippen LogP contribution >= 0.6 is 0 Å². The summed E-state index contributed by atoms with van der Waals surface area (Å²) in [6.07, 6.45) is 8.84. The number of aromatic nitrogens is 2. The van der Waals surface area contributed by atoms with Gasteiger partial charge in [-0.2, -0.15) is 0 Å².